The number of aromatic nitrogens is 1. The quantitative estimate of drug-likeness (QED) is 0.555. The van der Waals surface area contributed by atoms with Crippen LogP contribution in [0, 0.1) is 0 Å². The van der Waals surface area contributed by atoms with Crippen molar-refractivity contribution in [2.75, 3.05) is 7.05 Å². The van der Waals surface area contributed by atoms with Gasteiger partial charge in [0.1, 0.15) is 5.69 Å². The molecule has 0 aliphatic carbocycles. The van der Waals surface area contributed by atoms with Crippen molar-refractivity contribution in [3.05, 3.63) is 24.0 Å². The van der Waals surface area contributed by atoms with E-state index in [2.05, 4.69) is 10.3 Å². The molecular formula is C9H15BN2O3. The Kier molecular flexibility index (Phi) is 6.32. The van der Waals surface area contributed by atoms with Crippen LogP contribution in [-0.4, -0.2) is 35.1 Å². The van der Waals surface area contributed by atoms with Crippen molar-refractivity contribution in [3.63, 3.8) is 0 Å². The first-order valence-electron chi connectivity index (χ1n) is 4.69. The van der Waals surface area contributed by atoms with Crippen molar-refractivity contribution in [3.8, 4) is 0 Å². The van der Waals surface area contributed by atoms with Gasteiger partial charge in [-0.3, -0.25) is 9.78 Å². The van der Waals surface area contributed by atoms with E-state index in [0.29, 0.717) is 0 Å². The van der Waals surface area contributed by atoms with E-state index < -0.39 is 7.12 Å². The number of nitrogens with zero attached hydrogens (tertiary/aromatic N) is 1. The van der Waals surface area contributed by atoms with E-state index in [1.54, 1.807) is 0 Å². The molecule has 1 amide bonds. The summed E-state index contributed by atoms with van der Waals surface area (Å²) in [6.45, 7) is 4.00. The summed E-state index contributed by atoms with van der Waals surface area (Å²) < 4.78 is 0. The fraction of sp³-hybridized carbons (Fsp3) is 0.333. The highest BCUT2D eigenvalue weighted by molar-refractivity contribution is 6.58. The molecule has 3 N–H and O–H groups in total. The molecule has 0 aliphatic rings. The summed E-state index contributed by atoms with van der Waals surface area (Å²) in [6, 6.07) is 2.86. The maximum absolute atomic E-state index is 11.0. The predicted molar refractivity (Wildman–Crippen MR) is 58.8 cm³/mol. The predicted octanol–water partition coefficient (Wildman–Crippen LogP) is -0.853. The van der Waals surface area contributed by atoms with Crippen LogP contribution in [-0.2, 0) is 0 Å². The van der Waals surface area contributed by atoms with Crippen molar-refractivity contribution < 1.29 is 14.8 Å². The third-order valence-electron chi connectivity index (χ3n) is 1.54. The molecule has 0 aliphatic heterocycles. The summed E-state index contributed by atoms with van der Waals surface area (Å²) in [5, 5.41) is 19.9. The van der Waals surface area contributed by atoms with Gasteiger partial charge in [-0.25, -0.2) is 0 Å². The Morgan fingerprint density at radius 3 is 2.33 bits per heavy atom. The van der Waals surface area contributed by atoms with Gasteiger partial charge in [-0.15, -0.1) is 0 Å². The molecule has 6 heteroatoms. The highest BCUT2D eigenvalue weighted by Gasteiger charge is 2.12. The summed E-state index contributed by atoms with van der Waals surface area (Å²) in [5.41, 5.74) is 0.500. The molecule has 0 bridgehead atoms. The van der Waals surface area contributed by atoms with Gasteiger partial charge in [0.2, 0.25) is 0 Å². The van der Waals surface area contributed by atoms with Gasteiger partial charge in [0.25, 0.3) is 5.91 Å². The molecule has 0 saturated heterocycles. The number of rotatable bonds is 2. The first-order valence-corrected chi connectivity index (χ1v) is 4.69. The van der Waals surface area contributed by atoms with Crippen LogP contribution in [0.1, 0.15) is 24.3 Å². The lowest BCUT2D eigenvalue weighted by Crippen LogP contribution is -2.31. The van der Waals surface area contributed by atoms with Crippen LogP contribution in [0.15, 0.2) is 18.3 Å². The minimum Gasteiger partial charge on any atom is -0.423 e. The zero-order chi connectivity index (χ0) is 11.8. The van der Waals surface area contributed by atoms with Crippen LogP contribution in [0.4, 0.5) is 0 Å². The van der Waals surface area contributed by atoms with Gasteiger partial charge in [0.05, 0.1) is 0 Å². The Morgan fingerprint density at radius 2 is 2.00 bits per heavy atom. The minimum absolute atomic E-state index is 0.243. The molecule has 0 spiro atoms. The minimum atomic E-state index is -1.55. The lowest BCUT2D eigenvalue weighted by Gasteiger charge is -2.00. The van der Waals surface area contributed by atoms with Crippen molar-refractivity contribution in [1.29, 1.82) is 0 Å². The molecule has 0 radical (unpaired) electrons. The Labute approximate surface area is 89.3 Å². The van der Waals surface area contributed by atoms with E-state index in [1.165, 1.54) is 25.4 Å². The smallest absolute Gasteiger partial charge is 0.423 e. The van der Waals surface area contributed by atoms with E-state index in [-0.39, 0.29) is 17.1 Å². The number of amides is 1. The average molecular weight is 210 g/mol. The molecule has 15 heavy (non-hydrogen) atoms. The Bertz CT molecular complexity index is 301. The fourth-order valence-corrected chi connectivity index (χ4v) is 0.820. The number of hydrogen-bond donors (Lipinski definition) is 3. The second-order valence-corrected chi connectivity index (χ2v) is 2.43. The lowest BCUT2D eigenvalue weighted by atomic mass is 9.82. The van der Waals surface area contributed by atoms with Crippen molar-refractivity contribution >= 4 is 18.5 Å². The SMILES string of the molecule is CC.CNC(=O)c1ccc(B(O)O)cn1. The zero-order valence-electron chi connectivity index (χ0n) is 9.06. The molecule has 1 aromatic heterocycles. The van der Waals surface area contributed by atoms with Gasteiger partial charge in [0, 0.05) is 18.7 Å². The largest absolute Gasteiger partial charge is 0.490 e. The fourth-order valence-electron chi connectivity index (χ4n) is 0.820. The monoisotopic (exact) mass is 210 g/mol. The molecule has 0 unspecified atom stereocenters. The topological polar surface area (TPSA) is 82.5 Å². The third-order valence-corrected chi connectivity index (χ3v) is 1.54. The third kappa shape index (κ3) is 4.10. The number of carbonyl (C=O) groups is 1. The van der Waals surface area contributed by atoms with Crippen molar-refractivity contribution in [2.45, 2.75) is 13.8 Å². The van der Waals surface area contributed by atoms with Crippen molar-refractivity contribution in [1.82, 2.24) is 10.3 Å². The summed E-state index contributed by atoms with van der Waals surface area (Å²) in [4.78, 5) is 14.7. The van der Waals surface area contributed by atoms with Gasteiger partial charge in [-0.2, -0.15) is 0 Å². The normalized spacial score (nSPS) is 8.60. The van der Waals surface area contributed by atoms with E-state index >= 15 is 0 Å². The molecule has 0 aromatic carbocycles. The summed E-state index contributed by atoms with van der Waals surface area (Å²) in [7, 11) is -0.0510. The van der Waals surface area contributed by atoms with Crippen LogP contribution in [0.5, 0.6) is 0 Å². The maximum atomic E-state index is 11.0. The molecule has 82 valence electrons. The first-order chi connectivity index (χ1) is 7.15. The van der Waals surface area contributed by atoms with Crippen LogP contribution in [0.3, 0.4) is 0 Å². The molecule has 1 aromatic rings. The molecule has 0 atom stereocenters. The average Bonchev–Trinajstić information content (AvgIpc) is 2.31. The van der Waals surface area contributed by atoms with Gasteiger partial charge in [-0.05, 0) is 6.07 Å². The number of nitrogens with one attached hydrogen (secondary N) is 1. The van der Waals surface area contributed by atoms with Gasteiger partial charge >= 0.3 is 7.12 Å². The maximum Gasteiger partial charge on any atom is 0.490 e. The molecule has 1 rings (SSSR count). The standard InChI is InChI=1S/C7H9BN2O3.C2H6/c1-9-7(11)6-3-2-5(4-10-6)8(12)13;1-2/h2-4,12-13H,1H3,(H,9,11);1-2H3. The highest BCUT2D eigenvalue weighted by Crippen LogP contribution is 1.91. The van der Waals surface area contributed by atoms with Gasteiger partial charge in [-0.1, -0.05) is 19.9 Å². The van der Waals surface area contributed by atoms with E-state index in [9.17, 15) is 4.79 Å². The lowest BCUT2D eigenvalue weighted by molar-refractivity contribution is 0.0958. The van der Waals surface area contributed by atoms with Gasteiger partial charge < -0.3 is 15.4 Å². The second kappa shape index (κ2) is 6.97. The number of carbonyl (C=O) groups excluding carboxylic acids is 1. The van der Waals surface area contributed by atoms with Crippen molar-refractivity contribution in [2.24, 2.45) is 0 Å². The number of pyridine rings is 1. The Morgan fingerprint density at radius 1 is 1.40 bits per heavy atom. The summed E-state index contributed by atoms with van der Waals surface area (Å²) >= 11 is 0. The van der Waals surface area contributed by atoms with Crippen LogP contribution in [0.2, 0.25) is 0 Å². The molecule has 0 saturated carbocycles. The Balaban J connectivity index is 0.000000921. The molecular weight excluding hydrogens is 195 g/mol. The summed E-state index contributed by atoms with van der Waals surface area (Å²) in [6.07, 6.45) is 1.25. The van der Waals surface area contributed by atoms with Crippen LogP contribution in [0.25, 0.3) is 0 Å². The zero-order valence-corrected chi connectivity index (χ0v) is 9.06. The van der Waals surface area contributed by atoms with Crippen LogP contribution < -0.4 is 10.8 Å². The molecule has 5 nitrogen and oxygen atoms in total. The number of hydrogen-bond acceptors (Lipinski definition) is 4. The molecule has 1 heterocycles. The highest BCUT2D eigenvalue weighted by atomic mass is 16.4. The molecule has 0 fully saturated rings. The van der Waals surface area contributed by atoms with E-state index in [1.807, 2.05) is 13.8 Å². The Hall–Kier alpha value is -1.40. The van der Waals surface area contributed by atoms with Gasteiger partial charge in [0.15, 0.2) is 0 Å². The first kappa shape index (κ1) is 13.6. The van der Waals surface area contributed by atoms with E-state index in [4.69, 9.17) is 10.0 Å². The summed E-state index contributed by atoms with van der Waals surface area (Å²) in [5.74, 6) is -0.307. The second-order valence-electron chi connectivity index (χ2n) is 2.43. The van der Waals surface area contributed by atoms with E-state index in [0.717, 1.165) is 0 Å². The van der Waals surface area contributed by atoms with Crippen LogP contribution >= 0.6 is 0 Å².